The van der Waals surface area contributed by atoms with Crippen LogP contribution in [0.4, 0.5) is 5.69 Å². The summed E-state index contributed by atoms with van der Waals surface area (Å²) in [6.07, 6.45) is 1.96. The van der Waals surface area contributed by atoms with E-state index in [1.54, 1.807) is 17.0 Å². The molecule has 2 heterocycles. The third kappa shape index (κ3) is 3.49. The second kappa shape index (κ2) is 7.40. The van der Waals surface area contributed by atoms with Gasteiger partial charge < -0.3 is 20.4 Å². The maximum absolute atomic E-state index is 12.7. The molecule has 0 radical (unpaired) electrons. The van der Waals surface area contributed by atoms with Gasteiger partial charge in [0.05, 0.1) is 16.6 Å². The van der Waals surface area contributed by atoms with Gasteiger partial charge in [0, 0.05) is 38.9 Å². The van der Waals surface area contributed by atoms with Gasteiger partial charge in [-0.2, -0.15) is 0 Å². The van der Waals surface area contributed by atoms with E-state index in [2.05, 4.69) is 10.6 Å². The molecule has 0 bridgehead atoms. The molecular weight excluding hydrogens is 328 g/mol. The Morgan fingerprint density at radius 2 is 1.92 bits per heavy atom. The van der Waals surface area contributed by atoms with Crippen LogP contribution in [0.25, 0.3) is 0 Å². The van der Waals surface area contributed by atoms with Crippen LogP contribution in [0, 0.1) is 0 Å². The second-order valence-corrected chi connectivity index (χ2v) is 6.62. The molecule has 1 unspecified atom stereocenters. The lowest BCUT2D eigenvalue weighted by molar-refractivity contribution is -0.134. The van der Waals surface area contributed by atoms with E-state index in [9.17, 15) is 9.59 Å². The van der Waals surface area contributed by atoms with Crippen molar-refractivity contribution in [2.75, 3.05) is 45.1 Å². The highest BCUT2D eigenvalue weighted by molar-refractivity contribution is 6.34. The van der Waals surface area contributed by atoms with Crippen LogP contribution < -0.4 is 10.6 Å². The molecule has 0 aliphatic carbocycles. The van der Waals surface area contributed by atoms with Crippen molar-refractivity contribution in [2.45, 2.75) is 18.9 Å². The van der Waals surface area contributed by atoms with Gasteiger partial charge >= 0.3 is 0 Å². The van der Waals surface area contributed by atoms with E-state index in [-0.39, 0.29) is 17.9 Å². The number of amides is 2. The Morgan fingerprint density at radius 3 is 2.50 bits per heavy atom. The van der Waals surface area contributed by atoms with Crippen molar-refractivity contribution >= 4 is 29.1 Å². The zero-order chi connectivity index (χ0) is 17.1. The summed E-state index contributed by atoms with van der Waals surface area (Å²) in [6.45, 7) is 3.16. The highest BCUT2D eigenvalue weighted by Gasteiger charge is 2.30. The normalized spacial score (nSPS) is 21.0. The monoisotopic (exact) mass is 350 g/mol. The molecule has 2 amide bonds. The van der Waals surface area contributed by atoms with Gasteiger partial charge in [0.15, 0.2) is 0 Å². The topological polar surface area (TPSA) is 64.7 Å². The Morgan fingerprint density at radius 1 is 1.21 bits per heavy atom. The minimum atomic E-state index is -0.0752. The largest absolute Gasteiger partial charge is 0.388 e. The van der Waals surface area contributed by atoms with Crippen molar-refractivity contribution < 1.29 is 9.59 Å². The van der Waals surface area contributed by atoms with Crippen LogP contribution >= 0.6 is 11.6 Å². The molecule has 130 valence electrons. The average Bonchev–Trinajstić information content (AvgIpc) is 3.15. The van der Waals surface area contributed by atoms with Gasteiger partial charge in [-0.1, -0.05) is 11.6 Å². The molecule has 3 rings (SSSR count). The third-order valence-corrected chi connectivity index (χ3v) is 5.04. The summed E-state index contributed by atoms with van der Waals surface area (Å²) in [4.78, 5) is 28.7. The van der Waals surface area contributed by atoms with Gasteiger partial charge in [-0.25, -0.2) is 0 Å². The molecule has 24 heavy (non-hydrogen) atoms. The summed E-state index contributed by atoms with van der Waals surface area (Å²) in [7, 11) is 1.81. The van der Waals surface area contributed by atoms with Gasteiger partial charge in [-0.15, -0.1) is 0 Å². The summed E-state index contributed by atoms with van der Waals surface area (Å²) in [5, 5.41) is 6.68. The lowest BCUT2D eigenvalue weighted by Crippen LogP contribution is -2.54. The van der Waals surface area contributed by atoms with Gasteiger partial charge in [-0.3, -0.25) is 9.59 Å². The minimum absolute atomic E-state index is 0.0456. The maximum atomic E-state index is 12.7. The van der Waals surface area contributed by atoms with Crippen LogP contribution in [0.2, 0.25) is 5.02 Å². The molecular formula is C17H23ClN4O2. The van der Waals surface area contributed by atoms with E-state index >= 15 is 0 Å². The zero-order valence-corrected chi connectivity index (χ0v) is 14.6. The summed E-state index contributed by atoms with van der Waals surface area (Å²) >= 11 is 6.23. The SMILES string of the molecule is CNc1ccc(C(=O)N2CCN(C(=O)C3CCCN3)CC2)c(Cl)c1. The zero-order valence-electron chi connectivity index (χ0n) is 13.8. The van der Waals surface area contributed by atoms with Crippen LogP contribution in [0.5, 0.6) is 0 Å². The van der Waals surface area contributed by atoms with Gasteiger partial charge in [-0.05, 0) is 37.6 Å². The van der Waals surface area contributed by atoms with Crippen molar-refractivity contribution in [3.8, 4) is 0 Å². The fourth-order valence-electron chi connectivity index (χ4n) is 3.26. The summed E-state index contributed by atoms with van der Waals surface area (Å²) in [5.74, 6) is 0.0877. The molecule has 6 nitrogen and oxygen atoms in total. The fraction of sp³-hybridized carbons (Fsp3) is 0.529. The molecule has 1 atom stereocenters. The van der Waals surface area contributed by atoms with Crippen LogP contribution in [-0.4, -0.2) is 67.4 Å². The molecule has 2 N–H and O–H groups in total. The predicted molar refractivity (Wildman–Crippen MR) is 94.5 cm³/mol. The van der Waals surface area contributed by atoms with Crippen molar-refractivity contribution in [2.24, 2.45) is 0 Å². The number of benzene rings is 1. The van der Waals surface area contributed by atoms with Crippen LogP contribution in [0.15, 0.2) is 18.2 Å². The first kappa shape index (κ1) is 17.0. The number of hydrogen-bond donors (Lipinski definition) is 2. The van der Waals surface area contributed by atoms with E-state index in [1.807, 2.05) is 18.0 Å². The Labute approximate surface area is 147 Å². The fourth-order valence-corrected chi connectivity index (χ4v) is 3.52. The highest BCUT2D eigenvalue weighted by atomic mass is 35.5. The number of nitrogens with one attached hydrogen (secondary N) is 2. The number of halogens is 1. The predicted octanol–water partition coefficient (Wildman–Crippen LogP) is 1.42. The number of piperazine rings is 1. The van der Waals surface area contributed by atoms with Crippen LogP contribution in [0.1, 0.15) is 23.2 Å². The molecule has 2 aliphatic heterocycles. The summed E-state index contributed by atoms with van der Waals surface area (Å²) < 4.78 is 0. The number of rotatable bonds is 3. The van der Waals surface area contributed by atoms with Gasteiger partial charge in [0.25, 0.3) is 5.91 Å². The Kier molecular flexibility index (Phi) is 5.26. The lowest BCUT2D eigenvalue weighted by Gasteiger charge is -2.36. The standard InChI is InChI=1S/C17H23ClN4O2/c1-19-12-4-5-13(14(18)11-12)16(23)21-7-9-22(10-8-21)17(24)15-3-2-6-20-15/h4-5,11,15,19-20H,2-3,6-10H2,1H3. The second-order valence-electron chi connectivity index (χ2n) is 6.21. The van der Waals surface area contributed by atoms with Crippen molar-refractivity contribution in [3.63, 3.8) is 0 Å². The number of carbonyl (C=O) groups is 2. The number of anilines is 1. The first-order chi connectivity index (χ1) is 11.6. The van der Waals surface area contributed by atoms with E-state index in [0.29, 0.717) is 36.8 Å². The van der Waals surface area contributed by atoms with Gasteiger partial charge in [0.2, 0.25) is 5.91 Å². The Bertz CT molecular complexity index is 623. The first-order valence-electron chi connectivity index (χ1n) is 8.39. The number of hydrogen-bond acceptors (Lipinski definition) is 4. The molecule has 1 aromatic carbocycles. The Balaban J connectivity index is 1.60. The molecule has 1 aromatic rings. The van der Waals surface area contributed by atoms with E-state index in [1.165, 1.54) is 0 Å². The maximum Gasteiger partial charge on any atom is 0.255 e. The minimum Gasteiger partial charge on any atom is -0.388 e. The molecule has 0 aromatic heterocycles. The molecule has 7 heteroatoms. The quantitative estimate of drug-likeness (QED) is 0.865. The van der Waals surface area contributed by atoms with Crippen LogP contribution in [0.3, 0.4) is 0 Å². The van der Waals surface area contributed by atoms with Crippen molar-refractivity contribution in [3.05, 3.63) is 28.8 Å². The van der Waals surface area contributed by atoms with E-state index < -0.39 is 0 Å². The van der Waals surface area contributed by atoms with E-state index in [0.717, 1.165) is 25.1 Å². The molecule has 0 saturated carbocycles. The van der Waals surface area contributed by atoms with Gasteiger partial charge in [0.1, 0.15) is 0 Å². The molecule has 2 fully saturated rings. The third-order valence-electron chi connectivity index (χ3n) is 4.73. The average molecular weight is 351 g/mol. The highest BCUT2D eigenvalue weighted by Crippen LogP contribution is 2.23. The smallest absolute Gasteiger partial charge is 0.255 e. The number of nitrogens with zero attached hydrogens (tertiary/aromatic N) is 2. The molecule has 2 aliphatic rings. The summed E-state index contributed by atoms with van der Waals surface area (Å²) in [6, 6.07) is 5.29. The lowest BCUT2D eigenvalue weighted by atomic mass is 10.1. The Hall–Kier alpha value is -1.79. The van der Waals surface area contributed by atoms with E-state index in [4.69, 9.17) is 11.6 Å². The van der Waals surface area contributed by atoms with Crippen molar-refractivity contribution in [1.29, 1.82) is 0 Å². The van der Waals surface area contributed by atoms with Crippen molar-refractivity contribution in [1.82, 2.24) is 15.1 Å². The molecule has 2 saturated heterocycles. The number of carbonyl (C=O) groups excluding carboxylic acids is 2. The molecule has 0 spiro atoms. The van der Waals surface area contributed by atoms with Crippen LogP contribution in [-0.2, 0) is 4.79 Å². The first-order valence-corrected chi connectivity index (χ1v) is 8.76. The summed E-state index contributed by atoms with van der Waals surface area (Å²) in [5.41, 5.74) is 1.38.